The summed E-state index contributed by atoms with van der Waals surface area (Å²) in [7, 11) is 0. The molecule has 1 aromatic rings. The van der Waals surface area contributed by atoms with Crippen LogP contribution < -0.4 is 11.1 Å². The summed E-state index contributed by atoms with van der Waals surface area (Å²) in [6.45, 7) is 3.87. The summed E-state index contributed by atoms with van der Waals surface area (Å²) in [5.74, 6) is -0.339. The minimum Gasteiger partial charge on any atom is -0.371 e. The molecule has 0 aliphatic rings. The van der Waals surface area contributed by atoms with Gasteiger partial charge in [0, 0.05) is 10.2 Å². The van der Waals surface area contributed by atoms with E-state index in [1.165, 1.54) is 0 Å². The predicted octanol–water partition coefficient (Wildman–Crippen LogP) is 3.56. The molecule has 1 amide bonds. The molecule has 0 saturated heterocycles. The number of hydrogen-bond donors (Lipinski definition) is 2. The van der Waals surface area contributed by atoms with Gasteiger partial charge in [-0.1, -0.05) is 25.4 Å². The maximum atomic E-state index is 11.6. The van der Waals surface area contributed by atoms with E-state index in [4.69, 9.17) is 17.3 Å². The van der Waals surface area contributed by atoms with Gasteiger partial charge in [-0.05, 0) is 47.0 Å². The third kappa shape index (κ3) is 3.13. The number of nitrogens with one attached hydrogen (secondary N) is 1. The van der Waals surface area contributed by atoms with Gasteiger partial charge >= 0.3 is 0 Å². The number of nitrogens with two attached hydrogens (primary N) is 1. The van der Waals surface area contributed by atoms with E-state index >= 15 is 0 Å². The molecule has 0 aliphatic heterocycles. The Hall–Kier alpha value is -0.740. The first-order valence-electron chi connectivity index (χ1n) is 5.48. The Morgan fingerprint density at radius 3 is 2.47 bits per heavy atom. The molecule has 3 nitrogen and oxygen atoms in total. The molecule has 0 radical (unpaired) electrons. The van der Waals surface area contributed by atoms with Gasteiger partial charge in [-0.2, -0.15) is 0 Å². The molecule has 1 aromatic carbocycles. The molecule has 5 heteroatoms. The molecule has 0 aliphatic carbocycles. The van der Waals surface area contributed by atoms with E-state index in [1.807, 2.05) is 26.0 Å². The Kier molecular flexibility index (Phi) is 4.83. The number of carbonyl (C=O) groups excluding carboxylic acids is 1. The first-order chi connectivity index (χ1) is 7.95. The summed E-state index contributed by atoms with van der Waals surface area (Å²) < 4.78 is 0.787. The molecule has 3 N–H and O–H groups in total. The van der Waals surface area contributed by atoms with Crippen LogP contribution in [0.25, 0.3) is 0 Å². The lowest BCUT2D eigenvalue weighted by Crippen LogP contribution is -2.49. The number of primary amides is 1. The molecule has 17 heavy (non-hydrogen) atoms. The Balaban J connectivity index is 3.01. The van der Waals surface area contributed by atoms with Gasteiger partial charge in [-0.25, -0.2) is 0 Å². The van der Waals surface area contributed by atoms with Crippen LogP contribution in [-0.2, 0) is 4.79 Å². The molecular formula is C12H16BrClN2O. The number of halogens is 2. The van der Waals surface area contributed by atoms with Gasteiger partial charge in [0.1, 0.15) is 5.54 Å². The lowest BCUT2D eigenvalue weighted by molar-refractivity contribution is -0.122. The molecule has 94 valence electrons. The molecule has 0 bridgehead atoms. The third-order valence-corrected chi connectivity index (χ3v) is 4.20. The van der Waals surface area contributed by atoms with Crippen LogP contribution >= 0.6 is 27.5 Å². The molecule has 0 fully saturated rings. The van der Waals surface area contributed by atoms with Crippen molar-refractivity contribution >= 4 is 39.1 Å². The summed E-state index contributed by atoms with van der Waals surface area (Å²) in [5.41, 5.74) is 5.59. The molecular weight excluding hydrogens is 304 g/mol. The van der Waals surface area contributed by atoms with E-state index in [-0.39, 0.29) is 5.91 Å². The lowest BCUT2D eigenvalue weighted by atomic mass is 9.91. The van der Waals surface area contributed by atoms with Crippen molar-refractivity contribution < 1.29 is 4.79 Å². The molecule has 0 unspecified atom stereocenters. The fourth-order valence-corrected chi connectivity index (χ4v) is 2.18. The van der Waals surface area contributed by atoms with Crippen molar-refractivity contribution in [1.29, 1.82) is 0 Å². The van der Waals surface area contributed by atoms with Gasteiger partial charge in [-0.15, -0.1) is 0 Å². The molecule has 0 spiro atoms. The van der Waals surface area contributed by atoms with Crippen LogP contribution in [0.1, 0.15) is 26.7 Å². The standard InChI is InChI=1S/C12H16BrClN2O/c1-3-12(4-2,11(15)17)16-8-5-6-10(14)9(13)7-8/h5-7,16H,3-4H2,1-2H3,(H2,15,17). The van der Waals surface area contributed by atoms with Gasteiger partial charge in [-0.3, -0.25) is 4.79 Å². The summed E-state index contributed by atoms with van der Waals surface area (Å²) in [5, 5.41) is 3.83. The Morgan fingerprint density at radius 1 is 1.47 bits per heavy atom. The zero-order valence-corrected chi connectivity index (χ0v) is 12.2. The highest BCUT2D eigenvalue weighted by Crippen LogP contribution is 2.28. The van der Waals surface area contributed by atoms with Crippen molar-refractivity contribution in [3.05, 3.63) is 27.7 Å². The largest absolute Gasteiger partial charge is 0.371 e. The van der Waals surface area contributed by atoms with E-state index in [0.717, 1.165) is 10.2 Å². The summed E-state index contributed by atoms with van der Waals surface area (Å²) in [4.78, 5) is 11.6. The van der Waals surface area contributed by atoms with Crippen LogP contribution in [0.3, 0.4) is 0 Å². The Bertz CT molecular complexity index is 419. The van der Waals surface area contributed by atoms with Gasteiger partial charge in [0.25, 0.3) is 0 Å². The fourth-order valence-electron chi connectivity index (χ4n) is 1.69. The van der Waals surface area contributed by atoms with Crippen molar-refractivity contribution in [2.45, 2.75) is 32.2 Å². The minimum atomic E-state index is -0.701. The SMILES string of the molecule is CCC(CC)(Nc1ccc(Cl)c(Br)c1)C(N)=O. The number of rotatable bonds is 5. The van der Waals surface area contributed by atoms with Crippen LogP contribution in [0, 0.1) is 0 Å². The zero-order chi connectivity index (χ0) is 13.1. The number of hydrogen-bond acceptors (Lipinski definition) is 2. The summed E-state index contributed by atoms with van der Waals surface area (Å²) in [6.07, 6.45) is 1.28. The number of carbonyl (C=O) groups is 1. The van der Waals surface area contributed by atoms with Crippen molar-refractivity contribution in [1.82, 2.24) is 0 Å². The highest BCUT2D eigenvalue weighted by molar-refractivity contribution is 9.10. The van der Waals surface area contributed by atoms with Crippen LogP contribution in [0.5, 0.6) is 0 Å². The Morgan fingerprint density at radius 2 is 2.06 bits per heavy atom. The smallest absolute Gasteiger partial charge is 0.243 e. The highest BCUT2D eigenvalue weighted by Gasteiger charge is 2.32. The third-order valence-electron chi connectivity index (χ3n) is 2.98. The summed E-state index contributed by atoms with van der Waals surface area (Å²) in [6, 6.07) is 5.44. The van der Waals surface area contributed by atoms with E-state index in [1.54, 1.807) is 6.07 Å². The van der Waals surface area contributed by atoms with Crippen molar-refractivity contribution in [3.8, 4) is 0 Å². The van der Waals surface area contributed by atoms with Crippen LogP contribution in [0.15, 0.2) is 22.7 Å². The average Bonchev–Trinajstić information content (AvgIpc) is 2.30. The topological polar surface area (TPSA) is 55.1 Å². The van der Waals surface area contributed by atoms with E-state index in [2.05, 4.69) is 21.2 Å². The Labute approximate surface area is 115 Å². The monoisotopic (exact) mass is 318 g/mol. The number of benzene rings is 1. The van der Waals surface area contributed by atoms with Gasteiger partial charge < -0.3 is 11.1 Å². The van der Waals surface area contributed by atoms with Gasteiger partial charge in [0.15, 0.2) is 0 Å². The lowest BCUT2D eigenvalue weighted by Gasteiger charge is -2.30. The van der Waals surface area contributed by atoms with Crippen LogP contribution in [0.2, 0.25) is 5.02 Å². The van der Waals surface area contributed by atoms with E-state index in [9.17, 15) is 4.79 Å². The fraction of sp³-hybridized carbons (Fsp3) is 0.417. The predicted molar refractivity (Wildman–Crippen MR) is 75.3 cm³/mol. The van der Waals surface area contributed by atoms with Crippen molar-refractivity contribution in [2.75, 3.05) is 5.32 Å². The summed E-state index contributed by atoms with van der Waals surface area (Å²) >= 11 is 9.26. The first kappa shape index (κ1) is 14.3. The second-order valence-corrected chi connectivity index (χ2v) is 5.17. The maximum Gasteiger partial charge on any atom is 0.243 e. The van der Waals surface area contributed by atoms with Crippen molar-refractivity contribution in [2.24, 2.45) is 5.73 Å². The zero-order valence-electron chi connectivity index (χ0n) is 9.89. The maximum absolute atomic E-state index is 11.6. The van der Waals surface area contributed by atoms with Crippen molar-refractivity contribution in [3.63, 3.8) is 0 Å². The van der Waals surface area contributed by atoms with Crippen LogP contribution in [0.4, 0.5) is 5.69 Å². The number of amides is 1. The normalized spacial score (nSPS) is 11.3. The molecule has 0 aromatic heterocycles. The first-order valence-corrected chi connectivity index (χ1v) is 6.65. The molecule has 1 rings (SSSR count). The van der Waals surface area contributed by atoms with Gasteiger partial charge in [0.2, 0.25) is 5.91 Å². The minimum absolute atomic E-state index is 0.339. The molecule has 0 heterocycles. The number of anilines is 1. The van der Waals surface area contributed by atoms with Crippen LogP contribution in [-0.4, -0.2) is 11.4 Å². The highest BCUT2D eigenvalue weighted by atomic mass is 79.9. The molecule has 0 saturated carbocycles. The van der Waals surface area contributed by atoms with Gasteiger partial charge in [0.05, 0.1) is 5.02 Å². The average molecular weight is 320 g/mol. The second-order valence-electron chi connectivity index (χ2n) is 3.91. The van der Waals surface area contributed by atoms with E-state index < -0.39 is 5.54 Å². The molecule has 0 atom stereocenters. The van der Waals surface area contributed by atoms with E-state index in [0.29, 0.717) is 17.9 Å². The quantitative estimate of drug-likeness (QED) is 0.872. The second kappa shape index (κ2) is 5.74.